The minimum atomic E-state index is -4.56. The Labute approximate surface area is 218 Å². The van der Waals surface area contributed by atoms with E-state index in [2.05, 4.69) is 5.10 Å². The zero-order valence-corrected chi connectivity index (χ0v) is 21.1. The van der Waals surface area contributed by atoms with E-state index in [0.29, 0.717) is 29.6 Å². The fourth-order valence-electron chi connectivity index (χ4n) is 4.67. The Kier molecular flexibility index (Phi) is 6.80. The maximum atomic E-state index is 14.5. The number of nitrogens with zero attached hydrogens (tertiary/aromatic N) is 4. The Morgan fingerprint density at radius 3 is 2.65 bits per heavy atom. The molecule has 0 aliphatic carbocycles. The van der Waals surface area contributed by atoms with Gasteiger partial charge >= 0.3 is 6.18 Å². The molecule has 6 nitrogen and oxygen atoms in total. The van der Waals surface area contributed by atoms with Crippen LogP contribution in [-0.4, -0.2) is 62.6 Å². The lowest BCUT2D eigenvalue weighted by molar-refractivity contribution is -0.138. The first kappa shape index (κ1) is 25.7. The average Bonchev–Trinajstić information content (AvgIpc) is 3.49. The third-order valence-electron chi connectivity index (χ3n) is 6.56. The van der Waals surface area contributed by atoms with Crippen LogP contribution in [0.25, 0.3) is 17.0 Å². The molecule has 0 saturated carbocycles. The standard InChI is InChI=1S/C25H21ClF4N4O2S/c1-2-32-12-19(27)21(13-32)34-23(35)22(37-24(34)36)8-14-3-6-20-16(7-14)10-31-33(20)11-15-4-5-17(26)9-18(15)25(28,29)30/h3-10,19,21H,2,11-13H2,1H3/t19-,21?/m1/s1. The molecule has 1 unspecified atom stereocenters. The average molecular weight is 553 g/mol. The van der Waals surface area contributed by atoms with Crippen molar-refractivity contribution >= 4 is 51.5 Å². The summed E-state index contributed by atoms with van der Waals surface area (Å²) < 4.78 is 56.4. The number of hydrogen-bond donors (Lipinski definition) is 0. The van der Waals surface area contributed by atoms with Crippen molar-refractivity contribution < 1.29 is 27.2 Å². The van der Waals surface area contributed by atoms with E-state index in [-0.39, 0.29) is 28.6 Å². The van der Waals surface area contributed by atoms with Gasteiger partial charge in [-0.1, -0.05) is 30.7 Å². The lowest BCUT2D eigenvalue weighted by Gasteiger charge is -2.22. The Bertz CT molecular complexity index is 1420. The summed E-state index contributed by atoms with van der Waals surface area (Å²) in [4.78, 5) is 28.6. The van der Waals surface area contributed by atoms with Crippen LogP contribution in [0.4, 0.5) is 22.4 Å². The number of hydrogen-bond acceptors (Lipinski definition) is 5. The molecule has 2 atom stereocenters. The quantitative estimate of drug-likeness (QED) is 0.294. The highest BCUT2D eigenvalue weighted by molar-refractivity contribution is 8.18. The molecule has 0 spiro atoms. The van der Waals surface area contributed by atoms with E-state index in [0.717, 1.165) is 22.7 Å². The lowest BCUT2D eigenvalue weighted by atomic mass is 10.1. The molecule has 2 amide bonds. The first-order valence-electron chi connectivity index (χ1n) is 11.5. The van der Waals surface area contributed by atoms with Crippen LogP contribution in [0.3, 0.4) is 0 Å². The van der Waals surface area contributed by atoms with Gasteiger partial charge in [0.2, 0.25) is 0 Å². The number of benzene rings is 2. The number of carbonyl (C=O) groups excluding carboxylic acids is 2. The van der Waals surface area contributed by atoms with Gasteiger partial charge in [0.05, 0.1) is 34.8 Å². The molecule has 0 N–H and O–H groups in total. The van der Waals surface area contributed by atoms with Crippen molar-refractivity contribution in [1.29, 1.82) is 0 Å². The van der Waals surface area contributed by atoms with Crippen molar-refractivity contribution in [1.82, 2.24) is 19.6 Å². The summed E-state index contributed by atoms with van der Waals surface area (Å²) in [5.41, 5.74) is 0.410. The first-order valence-corrected chi connectivity index (χ1v) is 12.7. The van der Waals surface area contributed by atoms with E-state index in [1.165, 1.54) is 23.0 Å². The molecular formula is C25H21ClF4N4O2S. The van der Waals surface area contributed by atoms with Crippen molar-refractivity contribution in [3.05, 3.63) is 69.2 Å². The maximum absolute atomic E-state index is 14.5. The molecule has 2 fully saturated rings. The van der Waals surface area contributed by atoms with Gasteiger partial charge in [0.1, 0.15) is 6.17 Å². The fraction of sp³-hybridized carbons (Fsp3) is 0.320. The van der Waals surface area contributed by atoms with E-state index >= 15 is 0 Å². The number of imide groups is 1. The maximum Gasteiger partial charge on any atom is 0.416 e. The number of likely N-dealkylation sites (tertiary alicyclic amines) is 1. The van der Waals surface area contributed by atoms with E-state index in [1.54, 1.807) is 24.3 Å². The molecule has 0 radical (unpaired) electrons. The number of thioether (sulfide) groups is 1. The number of fused-ring (bicyclic) bond motifs is 1. The molecule has 3 aromatic rings. The van der Waals surface area contributed by atoms with Crippen LogP contribution < -0.4 is 0 Å². The minimum absolute atomic E-state index is 0.00638. The molecule has 194 valence electrons. The van der Waals surface area contributed by atoms with Gasteiger partial charge in [0.15, 0.2) is 0 Å². The third-order valence-corrected chi connectivity index (χ3v) is 7.68. The summed E-state index contributed by atoms with van der Waals surface area (Å²) in [7, 11) is 0. The first-order chi connectivity index (χ1) is 17.5. The van der Waals surface area contributed by atoms with Crippen LogP contribution in [0.1, 0.15) is 23.6 Å². The molecule has 2 saturated heterocycles. The second-order valence-electron chi connectivity index (χ2n) is 8.91. The Morgan fingerprint density at radius 2 is 1.95 bits per heavy atom. The van der Waals surface area contributed by atoms with Gasteiger partial charge in [-0.15, -0.1) is 0 Å². The summed E-state index contributed by atoms with van der Waals surface area (Å²) in [6.45, 7) is 2.90. The number of alkyl halides is 4. The monoisotopic (exact) mass is 552 g/mol. The fourth-order valence-corrected chi connectivity index (χ4v) is 5.73. The number of aromatic nitrogens is 2. The van der Waals surface area contributed by atoms with Crippen LogP contribution in [0, 0.1) is 0 Å². The topological polar surface area (TPSA) is 58.4 Å². The molecule has 2 aromatic carbocycles. The van der Waals surface area contributed by atoms with Crippen LogP contribution in [0.15, 0.2) is 47.5 Å². The number of amides is 2. The van der Waals surface area contributed by atoms with Gasteiger partial charge in [0.25, 0.3) is 11.1 Å². The smallest absolute Gasteiger partial charge is 0.298 e. The highest BCUT2D eigenvalue weighted by atomic mass is 35.5. The zero-order valence-electron chi connectivity index (χ0n) is 19.5. The van der Waals surface area contributed by atoms with Gasteiger partial charge in [-0.2, -0.15) is 18.3 Å². The van der Waals surface area contributed by atoms with E-state index in [9.17, 15) is 27.2 Å². The molecule has 37 heavy (non-hydrogen) atoms. The molecular weight excluding hydrogens is 532 g/mol. The summed E-state index contributed by atoms with van der Waals surface area (Å²) in [5, 5.41) is 4.38. The number of carbonyl (C=O) groups is 2. The molecule has 1 aromatic heterocycles. The highest BCUT2D eigenvalue weighted by Crippen LogP contribution is 2.37. The molecule has 2 aliphatic rings. The van der Waals surface area contributed by atoms with Crippen molar-refractivity contribution in [2.24, 2.45) is 0 Å². The summed E-state index contributed by atoms with van der Waals surface area (Å²) >= 11 is 6.54. The SMILES string of the molecule is CCN1CC(N2C(=O)SC(=Cc3ccc4c(cnn4Cc4ccc(Cl)cc4C(F)(F)F)c3)C2=O)[C@H](F)C1. The zero-order chi connectivity index (χ0) is 26.5. The normalized spacial score (nSPS) is 22.2. The Morgan fingerprint density at radius 1 is 1.16 bits per heavy atom. The van der Waals surface area contributed by atoms with Crippen molar-refractivity contribution in [3.8, 4) is 0 Å². The molecule has 3 heterocycles. The van der Waals surface area contributed by atoms with Gasteiger partial charge in [-0.05, 0) is 59.8 Å². The predicted octanol–water partition coefficient (Wildman–Crippen LogP) is 5.84. The number of halogens is 5. The summed E-state index contributed by atoms with van der Waals surface area (Å²) in [6, 6.07) is 7.92. The van der Waals surface area contributed by atoms with Crippen LogP contribution in [-0.2, 0) is 17.5 Å². The predicted molar refractivity (Wildman–Crippen MR) is 134 cm³/mol. The van der Waals surface area contributed by atoms with E-state index in [1.807, 2.05) is 11.8 Å². The van der Waals surface area contributed by atoms with Gasteiger partial charge in [-0.25, -0.2) is 4.39 Å². The van der Waals surface area contributed by atoms with Crippen molar-refractivity contribution in [3.63, 3.8) is 0 Å². The van der Waals surface area contributed by atoms with E-state index in [4.69, 9.17) is 11.6 Å². The lowest BCUT2D eigenvalue weighted by Crippen LogP contribution is -2.44. The summed E-state index contributed by atoms with van der Waals surface area (Å²) in [6.07, 6.45) is -2.78. The molecule has 12 heteroatoms. The van der Waals surface area contributed by atoms with Gasteiger partial charge in [-0.3, -0.25) is 24.1 Å². The largest absolute Gasteiger partial charge is 0.416 e. The van der Waals surface area contributed by atoms with Crippen LogP contribution in [0.5, 0.6) is 0 Å². The van der Waals surface area contributed by atoms with E-state index < -0.39 is 35.1 Å². The third kappa shape index (κ3) is 4.99. The van der Waals surface area contributed by atoms with Gasteiger partial charge < -0.3 is 0 Å². The highest BCUT2D eigenvalue weighted by Gasteiger charge is 2.46. The number of likely N-dealkylation sites (N-methyl/N-ethyl adjacent to an activating group) is 1. The molecule has 2 aliphatic heterocycles. The molecule has 0 bridgehead atoms. The van der Waals surface area contributed by atoms with Crippen LogP contribution >= 0.6 is 23.4 Å². The Balaban J connectivity index is 1.39. The molecule has 5 rings (SSSR count). The van der Waals surface area contributed by atoms with Crippen molar-refractivity contribution in [2.45, 2.75) is 31.9 Å². The minimum Gasteiger partial charge on any atom is -0.298 e. The van der Waals surface area contributed by atoms with Crippen molar-refractivity contribution in [2.75, 3.05) is 19.6 Å². The summed E-state index contributed by atoms with van der Waals surface area (Å²) in [5.74, 6) is -0.529. The Hall–Kier alpha value is -2.89. The second-order valence-corrected chi connectivity index (χ2v) is 10.3. The number of rotatable bonds is 5. The second kappa shape index (κ2) is 9.77. The van der Waals surface area contributed by atoms with Crippen LogP contribution in [0.2, 0.25) is 5.02 Å². The van der Waals surface area contributed by atoms with Gasteiger partial charge in [0, 0.05) is 23.5 Å².